The number of anilines is 1. The molecule has 2 aliphatic rings. The first-order valence-corrected chi connectivity index (χ1v) is 10.8. The van der Waals surface area contributed by atoms with Crippen LogP contribution in [0.1, 0.15) is 0 Å². The van der Waals surface area contributed by atoms with E-state index in [4.69, 9.17) is 9.47 Å². The van der Waals surface area contributed by atoms with Crippen LogP contribution in [0, 0.1) is 0 Å². The predicted octanol–water partition coefficient (Wildman–Crippen LogP) is 2.40. The Morgan fingerprint density at radius 3 is 2.60 bits per heavy atom. The molecule has 0 N–H and O–H groups in total. The number of benzene rings is 2. The van der Waals surface area contributed by atoms with Gasteiger partial charge in [0.1, 0.15) is 24.7 Å². The zero-order chi connectivity index (χ0) is 20.9. The van der Waals surface area contributed by atoms with Crippen LogP contribution >= 0.6 is 15.9 Å². The number of rotatable bonds is 6. The van der Waals surface area contributed by atoms with E-state index in [0.29, 0.717) is 31.1 Å². The van der Waals surface area contributed by atoms with E-state index >= 15 is 0 Å². The number of hydrogen-bond donors (Lipinski definition) is 0. The average Bonchev–Trinajstić information content (AvgIpc) is 2.77. The van der Waals surface area contributed by atoms with Crippen molar-refractivity contribution in [2.45, 2.75) is 0 Å². The van der Waals surface area contributed by atoms with Gasteiger partial charge in [-0.25, -0.2) is 0 Å². The molecule has 1 fully saturated rings. The first kappa shape index (κ1) is 20.7. The lowest BCUT2D eigenvalue weighted by Gasteiger charge is -2.36. The maximum atomic E-state index is 12.8. The van der Waals surface area contributed by atoms with Crippen LogP contribution in [0.3, 0.4) is 0 Å². The van der Waals surface area contributed by atoms with Crippen molar-refractivity contribution < 1.29 is 19.1 Å². The molecule has 2 aromatic rings. The molecule has 0 atom stereocenters. The zero-order valence-electron chi connectivity index (χ0n) is 16.6. The summed E-state index contributed by atoms with van der Waals surface area (Å²) in [5.41, 5.74) is 0.638. The van der Waals surface area contributed by atoms with E-state index < -0.39 is 0 Å². The van der Waals surface area contributed by atoms with Gasteiger partial charge in [0.05, 0.1) is 5.69 Å². The molecule has 2 heterocycles. The molecule has 0 bridgehead atoms. The second-order valence-corrected chi connectivity index (χ2v) is 8.18. The molecule has 4 rings (SSSR count). The fourth-order valence-corrected chi connectivity index (χ4v) is 3.96. The van der Waals surface area contributed by atoms with Gasteiger partial charge < -0.3 is 14.4 Å². The van der Waals surface area contributed by atoms with Gasteiger partial charge in [0.2, 0.25) is 5.91 Å². The van der Waals surface area contributed by atoms with Gasteiger partial charge in [-0.2, -0.15) is 0 Å². The molecule has 1 saturated heterocycles. The van der Waals surface area contributed by atoms with E-state index in [2.05, 4.69) is 20.8 Å². The van der Waals surface area contributed by atoms with Gasteiger partial charge in [-0.05, 0) is 30.3 Å². The lowest BCUT2D eigenvalue weighted by Crippen LogP contribution is -2.53. The number of carbonyl (C=O) groups excluding carboxylic acids is 2. The van der Waals surface area contributed by atoms with E-state index in [-0.39, 0.29) is 25.0 Å². The summed E-state index contributed by atoms with van der Waals surface area (Å²) in [5, 5.41) is 0. The number of fused-ring (bicyclic) bond motifs is 1. The van der Waals surface area contributed by atoms with Crippen LogP contribution in [-0.4, -0.2) is 74.1 Å². The summed E-state index contributed by atoms with van der Waals surface area (Å²) in [7, 11) is 0. The van der Waals surface area contributed by atoms with Crippen LogP contribution in [0.2, 0.25) is 0 Å². The van der Waals surface area contributed by atoms with Crippen LogP contribution in [0.25, 0.3) is 0 Å². The van der Waals surface area contributed by atoms with Crippen LogP contribution in [0.4, 0.5) is 5.69 Å². The molecule has 0 aliphatic carbocycles. The van der Waals surface area contributed by atoms with Gasteiger partial charge in [-0.1, -0.05) is 34.1 Å². The lowest BCUT2D eigenvalue weighted by molar-refractivity contribution is -0.133. The Hall–Kier alpha value is -2.58. The molecule has 158 valence electrons. The Labute approximate surface area is 184 Å². The normalized spacial score (nSPS) is 16.8. The number of carbonyl (C=O) groups is 2. The summed E-state index contributed by atoms with van der Waals surface area (Å²) in [4.78, 5) is 30.8. The fourth-order valence-electron chi connectivity index (χ4n) is 3.62. The van der Waals surface area contributed by atoms with Crippen molar-refractivity contribution in [1.82, 2.24) is 9.80 Å². The maximum absolute atomic E-state index is 12.8. The van der Waals surface area contributed by atoms with Crippen LogP contribution < -0.4 is 14.4 Å². The Kier molecular flexibility index (Phi) is 6.54. The quantitative estimate of drug-likeness (QED) is 0.644. The van der Waals surface area contributed by atoms with Crippen molar-refractivity contribution >= 4 is 33.4 Å². The molecule has 2 aromatic carbocycles. The molecule has 0 aromatic heterocycles. The SMILES string of the molecule is O=C(CN1C(=O)COc2cc(Br)ccc21)N1CCN(CCOc2ccccc2)CC1. The van der Waals surface area contributed by atoms with Gasteiger partial charge in [-0.15, -0.1) is 0 Å². The Morgan fingerprint density at radius 2 is 1.83 bits per heavy atom. The monoisotopic (exact) mass is 473 g/mol. The molecular formula is C22H24BrN3O4. The van der Waals surface area contributed by atoms with E-state index in [1.54, 1.807) is 6.07 Å². The molecule has 0 saturated carbocycles. The average molecular weight is 474 g/mol. The van der Waals surface area contributed by atoms with Crippen molar-refractivity contribution in [1.29, 1.82) is 0 Å². The van der Waals surface area contributed by atoms with Crippen molar-refractivity contribution in [3.63, 3.8) is 0 Å². The third kappa shape index (κ3) is 4.94. The highest BCUT2D eigenvalue weighted by atomic mass is 79.9. The second-order valence-electron chi connectivity index (χ2n) is 7.26. The molecule has 7 nitrogen and oxygen atoms in total. The molecule has 2 aliphatic heterocycles. The van der Waals surface area contributed by atoms with Gasteiger partial charge in [0.15, 0.2) is 6.61 Å². The number of nitrogens with zero attached hydrogens (tertiary/aromatic N) is 3. The minimum Gasteiger partial charge on any atom is -0.492 e. The number of halogens is 1. The summed E-state index contributed by atoms with van der Waals surface area (Å²) in [6, 6.07) is 15.2. The van der Waals surface area contributed by atoms with E-state index in [9.17, 15) is 9.59 Å². The number of para-hydroxylation sites is 1. The molecule has 0 spiro atoms. The van der Waals surface area contributed by atoms with Gasteiger partial charge in [0.25, 0.3) is 5.91 Å². The summed E-state index contributed by atoms with van der Waals surface area (Å²) in [6.07, 6.45) is 0. The van der Waals surface area contributed by atoms with Crippen molar-refractivity contribution in [2.75, 3.05) is 57.4 Å². The third-order valence-corrected chi connectivity index (χ3v) is 5.80. The standard InChI is InChI=1S/C22H24BrN3O4/c23-17-6-7-19-20(14-17)30-16-22(28)26(19)15-21(27)25-10-8-24(9-11-25)12-13-29-18-4-2-1-3-5-18/h1-7,14H,8-13,15-16H2. The van der Waals surface area contributed by atoms with Crippen molar-refractivity contribution in [3.8, 4) is 11.5 Å². The van der Waals surface area contributed by atoms with E-state index in [1.165, 1.54) is 4.90 Å². The summed E-state index contributed by atoms with van der Waals surface area (Å²) in [5.74, 6) is 1.24. The molecule has 30 heavy (non-hydrogen) atoms. The third-order valence-electron chi connectivity index (χ3n) is 5.30. The van der Waals surface area contributed by atoms with Crippen LogP contribution in [0.5, 0.6) is 11.5 Å². The van der Waals surface area contributed by atoms with Crippen molar-refractivity contribution in [3.05, 3.63) is 53.0 Å². The smallest absolute Gasteiger partial charge is 0.265 e. The number of hydrogen-bond acceptors (Lipinski definition) is 5. The van der Waals surface area contributed by atoms with Gasteiger partial charge >= 0.3 is 0 Å². The van der Waals surface area contributed by atoms with Crippen LogP contribution in [-0.2, 0) is 9.59 Å². The Bertz CT molecular complexity index is 901. The number of piperazine rings is 1. The van der Waals surface area contributed by atoms with Crippen molar-refractivity contribution in [2.24, 2.45) is 0 Å². The van der Waals surface area contributed by atoms with E-state index in [1.807, 2.05) is 47.4 Å². The van der Waals surface area contributed by atoms with Gasteiger partial charge in [-0.3, -0.25) is 19.4 Å². The minimum atomic E-state index is -0.199. The van der Waals surface area contributed by atoms with Gasteiger partial charge in [0, 0.05) is 37.2 Å². The highest BCUT2D eigenvalue weighted by Gasteiger charge is 2.30. The fraction of sp³-hybridized carbons (Fsp3) is 0.364. The molecule has 0 radical (unpaired) electrons. The first-order chi connectivity index (χ1) is 14.6. The lowest BCUT2D eigenvalue weighted by atomic mass is 10.2. The summed E-state index contributed by atoms with van der Waals surface area (Å²) < 4.78 is 12.1. The number of amides is 2. The summed E-state index contributed by atoms with van der Waals surface area (Å²) >= 11 is 3.40. The summed E-state index contributed by atoms with van der Waals surface area (Å²) in [6.45, 7) is 4.31. The molecule has 8 heteroatoms. The number of ether oxygens (including phenoxy) is 2. The predicted molar refractivity (Wildman–Crippen MR) is 117 cm³/mol. The minimum absolute atomic E-state index is 0.0357. The first-order valence-electron chi connectivity index (χ1n) is 10.0. The largest absolute Gasteiger partial charge is 0.492 e. The van der Waals surface area contributed by atoms with Crippen LogP contribution in [0.15, 0.2) is 53.0 Å². The molecular weight excluding hydrogens is 450 g/mol. The van der Waals surface area contributed by atoms with E-state index in [0.717, 1.165) is 29.9 Å². The topological polar surface area (TPSA) is 62.3 Å². The molecule has 2 amide bonds. The molecule has 0 unspecified atom stereocenters. The second kappa shape index (κ2) is 9.49. The highest BCUT2D eigenvalue weighted by Crippen LogP contribution is 2.34. The maximum Gasteiger partial charge on any atom is 0.265 e. The highest BCUT2D eigenvalue weighted by molar-refractivity contribution is 9.10. The Balaban J connectivity index is 1.26. The zero-order valence-corrected chi connectivity index (χ0v) is 18.2. The Morgan fingerprint density at radius 1 is 1.07 bits per heavy atom.